The molecule has 140 valence electrons. The number of carbonyl (C=O) groups excluding carboxylic acids is 1. The summed E-state index contributed by atoms with van der Waals surface area (Å²) in [4.78, 5) is 14.7. The van der Waals surface area contributed by atoms with Gasteiger partial charge < -0.3 is 9.32 Å². The zero-order valence-electron chi connectivity index (χ0n) is 15.5. The second-order valence-electron chi connectivity index (χ2n) is 7.00. The van der Waals surface area contributed by atoms with E-state index >= 15 is 0 Å². The number of amides is 1. The lowest BCUT2D eigenvalue weighted by molar-refractivity contribution is -0.116. The summed E-state index contributed by atoms with van der Waals surface area (Å²) in [6, 6.07) is 11.8. The van der Waals surface area contributed by atoms with Crippen LogP contribution in [0.5, 0.6) is 0 Å². The predicted octanol–water partition coefficient (Wildman–Crippen LogP) is 3.88. The Balaban J connectivity index is 1.51. The Kier molecular flexibility index (Phi) is 5.03. The van der Waals surface area contributed by atoms with Gasteiger partial charge in [-0.05, 0) is 36.1 Å². The van der Waals surface area contributed by atoms with Crippen molar-refractivity contribution in [3.05, 3.63) is 48.2 Å². The van der Waals surface area contributed by atoms with Crippen molar-refractivity contribution in [2.24, 2.45) is 5.92 Å². The summed E-state index contributed by atoms with van der Waals surface area (Å²) in [6.45, 7) is 5.81. The van der Waals surface area contributed by atoms with E-state index in [1.807, 2.05) is 39.8 Å². The topological polar surface area (TPSA) is 64.2 Å². The Bertz CT molecular complexity index is 933. The minimum atomic E-state index is 0.101. The maximum atomic E-state index is 12.8. The molecule has 0 saturated heterocycles. The molecule has 7 heteroatoms. The maximum absolute atomic E-state index is 12.8. The van der Waals surface area contributed by atoms with Crippen molar-refractivity contribution in [1.29, 1.82) is 0 Å². The van der Waals surface area contributed by atoms with Crippen LogP contribution < -0.4 is 4.90 Å². The minimum absolute atomic E-state index is 0.101. The van der Waals surface area contributed by atoms with E-state index in [1.165, 1.54) is 17.3 Å². The number of para-hydroxylation sites is 1. The van der Waals surface area contributed by atoms with E-state index in [1.54, 1.807) is 6.26 Å². The molecule has 0 unspecified atom stereocenters. The number of anilines is 1. The quantitative estimate of drug-likeness (QED) is 0.606. The minimum Gasteiger partial charge on any atom is -0.461 e. The molecule has 0 bridgehead atoms. The normalized spacial score (nSPS) is 13.4. The molecule has 3 aromatic rings. The molecule has 0 radical (unpaired) electrons. The van der Waals surface area contributed by atoms with Crippen LogP contribution in [0.25, 0.3) is 11.6 Å². The molecule has 0 saturated carbocycles. The Labute approximate surface area is 162 Å². The van der Waals surface area contributed by atoms with Crippen LogP contribution in [0.3, 0.4) is 0 Å². The Morgan fingerprint density at radius 3 is 2.85 bits per heavy atom. The first-order valence-electron chi connectivity index (χ1n) is 9.11. The predicted molar refractivity (Wildman–Crippen MR) is 106 cm³/mol. The number of carbonyl (C=O) groups is 1. The third kappa shape index (κ3) is 3.64. The number of furan rings is 1. The van der Waals surface area contributed by atoms with Gasteiger partial charge in [0.2, 0.25) is 5.91 Å². The van der Waals surface area contributed by atoms with Gasteiger partial charge in [-0.2, -0.15) is 0 Å². The van der Waals surface area contributed by atoms with Gasteiger partial charge in [0, 0.05) is 18.8 Å². The van der Waals surface area contributed by atoms with Crippen molar-refractivity contribution in [3.8, 4) is 11.6 Å². The summed E-state index contributed by atoms with van der Waals surface area (Å²) in [6.07, 6.45) is 2.55. The number of rotatable bonds is 6. The monoisotopic (exact) mass is 382 g/mol. The van der Waals surface area contributed by atoms with Crippen molar-refractivity contribution >= 4 is 23.4 Å². The smallest absolute Gasteiger partial charge is 0.237 e. The highest BCUT2D eigenvalue weighted by Gasteiger charge is 2.25. The summed E-state index contributed by atoms with van der Waals surface area (Å²) in [5.74, 6) is 2.26. The third-order valence-electron chi connectivity index (χ3n) is 4.52. The van der Waals surface area contributed by atoms with Crippen molar-refractivity contribution in [3.63, 3.8) is 0 Å². The van der Waals surface area contributed by atoms with Gasteiger partial charge in [-0.25, -0.2) is 0 Å². The number of hydrogen-bond donors (Lipinski definition) is 0. The summed E-state index contributed by atoms with van der Waals surface area (Å²) in [5.41, 5.74) is 2.27. The van der Waals surface area contributed by atoms with Crippen LogP contribution in [0.1, 0.15) is 19.4 Å². The first kappa shape index (κ1) is 17.9. The maximum Gasteiger partial charge on any atom is 0.237 e. The van der Waals surface area contributed by atoms with Gasteiger partial charge in [0.25, 0.3) is 0 Å². The van der Waals surface area contributed by atoms with Crippen LogP contribution in [0.2, 0.25) is 0 Å². The molecule has 0 spiro atoms. The molecule has 1 aliphatic rings. The molecule has 3 heterocycles. The molecule has 0 fully saturated rings. The first-order chi connectivity index (χ1) is 13.1. The standard InChI is InChI=1S/C20H22N4O2S/c1-14(2)12-24-19(17-8-5-11-26-17)21-22-20(24)27-13-18(25)23-10-9-15-6-3-4-7-16(15)23/h3-8,11,14H,9-10,12-13H2,1-2H3. The Morgan fingerprint density at radius 1 is 1.22 bits per heavy atom. The molecular weight excluding hydrogens is 360 g/mol. The van der Waals surface area contributed by atoms with Gasteiger partial charge in [0.05, 0.1) is 12.0 Å². The van der Waals surface area contributed by atoms with Crippen LogP contribution in [0.15, 0.2) is 52.2 Å². The lowest BCUT2D eigenvalue weighted by Gasteiger charge is -2.17. The van der Waals surface area contributed by atoms with E-state index in [0.29, 0.717) is 23.3 Å². The number of nitrogens with zero attached hydrogens (tertiary/aromatic N) is 4. The first-order valence-corrected chi connectivity index (χ1v) is 10.1. The van der Waals surface area contributed by atoms with E-state index in [4.69, 9.17) is 4.42 Å². The third-order valence-corrected chi connectivity index (χ3v) is 5.47. The molecule has 1 aliphatic heterocycles. The van der Waals surface area contributed by atoms with E-state index in [9.17, 15) is 4.79 Å². The van der Waals surface area contributed by atoms with Gasteiger partial charge in [-0.1, -0.05) is 43.8 Å². The fraction of sp³-hybridized carbons (Fsp3) is 0.350. The number of benzene rings is 1. The van der Waals surface area contributed by atoms with Gasteiger partial charge >= 0.3 is 0 Å². The van der Waals surface area contributed by atoms with Gasteiger partial charge in [0.1, 0.15) is 0 Å². The highest BCUT2D eigenvalue weighted by molar-refractivity contribution is 7.99. The van der Waals surface area contributed by atoms with Crippen LogP contribution >= 0.6 is 11.8 Å². The molecule has 2 aromatic heterocycles. The van der Waals surface area contributed by atoms with Crippen molar-refractivity contribution < 1.29 is 9.21 Å². The number of thioether (sulfide) groups is 1. The lowest BCUT2D eigenvalue weighted by Crippen LogP contribution is -2.30. The van der Waals surface area contributed by atoms with E-state index in [2.05, 4.69) is 30.1 Å². The molecule has 1 amide bonds. The lowest BCUT2D eigenvalue weighted by atomic mass is 10.2. The largest absolute Gasteiger partial charge is 0.461 e. The Morgan fingerprint density at radius 2 is 2.07 bits per heavy atom. The van der Waals surface area contributed by atoms with Gasteiger partial charge in [-0.3, -0.25) is 9.36 Å². The summed E-state index contributed by atoms with van der Waals surface area (Å²) < 4.78 is 7.53. The zero-order valence-corrected chi connectivity index (χ0v) is 16.3. The molecule has 0 aliphatic carbocycles. The average Bonchev–Trinajstić information content (AvgIpc) is 3.39. The highest BCUT2D eigenvalue weighted by Crippen LogP contribution is 2.30. The SMILES string of the molecule is CC(C)Cn1c(SCC(=O)N2CCc3ccccc32)nnc1-c1ccco1. The van der Waals surface area contributed by atoms with E-state index in [0.717, 1.165) is 30.4 Å². The van der Waals surface area contributed by atoms with Crippen LogP contribution in [0, 0.1) is 5.92 Å². The van der Waals surface area contributed by atoms with Crippen LogP contribution in [-0.2, 0) is 17.8 Å². The van der Waals surface area contributed by atoms with E-state index < -0.39 is 0 Å². The summed E-state index contributed by atoms with van der Waals surface area (Å²) in [5, 5.41) is 9.36. The zero-order chi connectivity index (χ0) is 18.8. The second kappa shape index (κ2) is 7.60. The molecule has 27 heavy (non-hydrogen) atoms. The number of aromatic nitrogens is 3. The molecule has 4 rings (SSSR count). The average molecular weight is 382 g/mol. The summed E-state index contributed by atoms with van der Waals surface area (Å²) >= 11 is 1.43. The highest BCUT2D eigenvalue weighted by atomic mass is 32.2. The van der Waals surface area contributed by atoms with Crippen LogP contribution in [-0.4, -0.2) is 33.0 Å². The summed E-state index contributed by atoms with van der Waals surface area (Å²) in [7, 11) is 0. The van der Waals surface area contributed by atoms with Crippen LogP contribution in [0.4, 0.5) is 5.69 Å². The molecule has 0 N–H and O–H groups in total. The fourth-order valence-corrected chi connectivity index (χ4v) is 4.14. The fourth-order valence-electron chi connectivity index (χ4n) is 3.31. The van der Waals surface area contributed by atoms with Crippen molar-refractivity contribution in [2.75, 3.05) is 17.2 Å². The second-order valence-corrected chi connectivity index (χ2v) is 7.94. The molecule has 0 atom stereocenters. The van der Waals surface area contributed by atoms with Crippen molar-refractivity contribution in [2.45, 2.75) is 32.0 Å². The molecule has 1 aromatic carbocycles. The van der Waals surface area contributed by atoms with E-state index in [-0.39, 0.29) is 5.91 Å². The molecular formula is C20H22N4O2S. The number of hydrogen-bond acceptors (Lipinski definition) is 5. The Hall–Kier alpha value is -2.54. The van der Waals surface area contributed by atoms with Gasteiger partial charge in [-0.15, -0.1) is 10.2 Å². The van der Waals surface area contributed by atoms with Crippen molar-refractivity contribution in [1.82, 2.24) is 14.8 Å². The number of fused-ring (bicyclic) bond motifs is 1. The molecule has 6 nitrogen and oxygen atoms in total. The van der Waals surface area contributed by atoms with Gasteiger partial charge in [0.15, 0.2) is 16.7 Å².